The molecular weight excluding hydrogens is 266 g/mol. The Morgan fingerprint density at radius 1 is 1.38 bits per heavy atom. The lowest BCUT2D eigenvalue weighted by molar-refractivity contribution is 0.414. The third-order valence-corrected chi connectivity index (χ3v) is 3.47. The Hall–Kier alpha value is -0.540. The van der Waals surface area contributed by atoms with Gasteiger partial charge in [0.15, 0.2) is 0 Å². The summed E-state index contributed by atoms with van der Waals surface area (Å²) >= 11 is 3.55. The number of aryl methyl sites for hydroxylation is 1. The highest BCUT2D eigenvalue weighted by Crippen LogP contribution is 2.24. The van der Waals surface area contributed by atoms with Gasteiger partial charge in [0.05, 0.1) is 7.11 Å². The first-order valence-electron chi connectivity index (χ1n) is 5.75. The summed E-state index contributed by atoms with van der Waals surface area (Å²) in [4.78, 5) is 0. The number of hydrogen-bond acceptors (Lipinski definition) is 2. The second-order valence-corrected chi connectivity index (χ2v) is 4.90. The van der Waals surface area contributed by atoms with E-state index in [4.69, 9.17) is 10.5 Å². The van der Waals surface area contributed by atoms with E-state index in [-0.39, 0.29) is 0 Å². The lowest BCUT2D eigenvalue weighted by Crippen LogP contribution is -2.20. The maximum absolute atomic E-state index is 6.01. The maximum atomic E-state index is 6.01. The lowest BCUT2D eigenvalue weighted by Gasteiger charge is -2.11. The van der Waals surface area contributed by atoms with Gasteiger partial charge in [-0.05, 0) is 43.0 Å². The number of benzene rings is 1. The number of rotatable bonds is 6. The molecular formula is C13H20BrNO. The van der Waals surface area contributed by atoms with E-state index in [0.717, 1.165) is 35.9 Å². The molecule has 0 radical (unpaired) electrons. The molecule has 2 N–H and O–H groups in total. The molecule has 1 unspecified atom stereocenters. The quantitative estimate of drug-likeness (QED) is 0.868. The van der Waals surface area contributed by atoms with E-state index >= 15 is 0 Å². The van der Waals surface area contributed by atoms with E-state index in [9.17, 15) is 0 Å². The maximum Gasteiger partial charge on any atom is 0.119 e. The smallest absolute Gasteiger partial charge is 0.119 e. The molecule has 0 bridgehead atoms. The standard InChI is InChI=1S/C13H20BrNO/c1-3-4-11(15)6-5-10-9-12(16-2)7-8-13(10)14/h7-9,11H,3-6,15H2,1-2H3. The molecule has 16 heavy (non-hydrogen) atoms. The van der Waals surface area contributed by atoms with E-state index in [2.05, 4.69) is 28.9 Å². The zero-order chi connectivity index (χ0) is 12.0. The van der Waals surface area contributed by atoms with Crippen LogP contribution in [0.15, 0.2) is 22.7 Å². The van der Waals surface area contributed by atoms with Crippen molar-refractivity contribution in [1.29, 1.82) is 0 Å². The monoisotopic (exact) mass is 285 g/mol. The van der Waals surface area contributed by atoms with Gasteiger partial charge in [-0.2, -0.15) is 0 Å². The molecule has 0 spiro atoms. The van der Waals surface area contributed by atoms with Gasteiger partial charge in [-0.25, -0.2) is 0 Å². The summed E-state index contributed by atoms with van der Waals surface area (Å²) in [7, 11) is 1.69. The van der Waals surface area contributed by atoms with Crippen LogP contribution in [0, 0.1) is 0 Å². The topological polar surface area (TPSA) is 35.2 Å². The SMILES string of the molecule is CCCC(N)CCc1cc(OC)ccc1Br. The molecule has 0 heterocycles. The van der Waals surface area contributed by atoms with Crippen molar-refractivity contribution >= 4 is 15.9 Å². The number of ether oxygens (including phenoxy) is 1. The van der Waals surface area contributed by atoms with Crippen LogP contribution in [0.1, 0.15) is 31.7 Å². The van der Waals surface area contributed by atoms with Crippen LogP contribution >= 0.6 is 15.9 Å². The van der Waals surface area contributed by atoms with Crippen LogP contribution in [0.5, 0.6) is 5.75 Å². The fourth-order valence-electron chi connectivity index (χ4n) is 1.73. The van der Waals surface area contributed by atoms with Crippen molar-refractivity contribution in [1.82, 2.24) is 0 Å². The third-order valence-electron chi connectivity index (χ3n) is 2.70. The van der Waals surface area contributed by atoms with E-state index in [1.165, 1.54) is 5.56 Å². The molecule has 0 saturated carbocycles. The molecule has 0 fully saturated rings. The second kappa shape index (κ2) is 6.92. The van der Waals surface area contributed by atoms with Crippen LogP contribution in [0.2, 0.25) is 0 Å². The molecule has 0 saturated heterocycles. The van der Waals surface area contributed by atoms with E-state index < -0.39 is 0 Å². The predicted octanol–water partition coefficient (Wildman–Crippen LogP) is 3.52. The molecule has 1 rings (SSSR count). The highest BCUT2D eigenvalue weighted by Gasteiger charge is 2.05. The zero-order valence-corrected chi connectivity index (χ0v) is 11.6. The number of halogens is 1. The molecule has 0 aliphatic rings. The Kier molecular flexibility index (Phi) is 5.85. The first-order valence-corrected chi connectivity index (χ1v) is 6.54. The molecule has 1 aromatic carbocycles. The van der Waals surface area contributed by atoms with Gasteiger partial charge in [-0.15, -0.1) is 0 Å². The Morgan fingerprint density at radius 2 is 2.12 bits per heavy atom. The Morgan fingerprint density at radius 3 is 2.75 bits per heavy atom. The van der Waals surface area contributed by atoms with Crippen LogP contribution in [-0.4, -0.2) is 13.2 Å². The molecule has 2 nitrogen and oxygen atoms in total. The molecule has 0 aliphatic carbocycles. The molecule has 3 heteroatoms. The highest BCUT2D eigenvalue weighted by molar-refractivity contribution is 9.10. The molecule has 90 valence electrons. The summed E-state index contributed by atoms with van der Waals surface area (Å²) < 4.78 is 6.35. The minimum Gasteiger partial charge on any atom is -0.497 e. The van der Waals surface area contributed by atoms with Crippen LogP contribution in [0.4, 0.5) is 0 Å². The minimum atomic E-state index is 0.308. The summed E-state index contributed by atoms with van der Waals surface area (Å²) in [5.41, 5.74) is 7.28. The molecule has 0 amide bonds. The average Bonchev–Trinajstić information content (AvgIpc) is 2.28. The first kappa shape index (κ1) is 13.5. The molecule has 1 atom stereocenters. The van der Waals surface area contributed by atoms with Crippen molar-refractivity contribution in [3.63, 3.8) is 0 Å². The van der Waals surface area contributed by atoms with Gasteiger partial charge in [-0.3, -0.25) is 0 Å². The van der Waals surface area contributed by atoms with Gasteiger partial charge >= 0.3 is 0 Å². The Bertz CT molecular complexity index is 328. The van der Waals surface area contributed by atoms with Gasteiger partial charge in [-0.1, -0.05) is 29.3 Å². The zero-order valence-electron chi connectivity index (χ0n) is 10.0. The van der Waals surface area contributed by atoms with E-state index in [1.807, 2.05) is 12.1 Å². The van der Waals surface area contributed by atoms with Gasteiger partial charge in [0.25, 0.3) is 0 Å². The number of methoxy groups -OCH3 is 1. The molecule has 0 aliphatic heterocycles. The van der Waals surface area contributed by atoms with Crippen molar-refractivity contribution in [2.24, 2.45) is 5.73 Å². The summed E-state index contributed by atoms with van der Waals surface area (Å²) in [6, 6.07) is 6.37. The van der Waals surface area contributed by atoms with Gasteiger partial charge < -0.3 is 10.5 Å². The fraction of sp³-hybridized carbons (Fsp3) is 0.538. The number of hydrogen-bond donors (Lipinski definition) is 1. The minimum absolute atomic E-state index is 0.308. The van der Waals surface area contributed by atoms with E-state index in [1.54, 1.807) is 7.11 Å². The van der Waals surface area contributed by atoms with Crippen LogP contribution < -0.4 is 10.5 Å². The predicted molar refractivity (Wildman–Crippen MR) is 71.9 cm³/mol. The van der Waals surface area contributed by atoms with Crippen molar-refractivity contribution in [2.45, 2.75) is 38.6 Å². The van der Waals surface area contributed by atoms with Crippen molar-refractivity contribution in [2.75, 3.05) is 7.11 Å². The van der Waals surface area contributed by atoms with Crippen molar-refractivity contribution in [3.05, 3.63) is 28.2 Å². The Labute approximate surface area is 106 Å². The summed E-state index contributed by atoms with van der Waals surface area (Å²) in [5.74, 6) is 0.905. The highest BCUT2D eigenvalue weighted by atomic mass is 79.9. The third kappa shape index (κ3) is 4.14. The molecule has 0 aromatic heterocycles. The normalized spacial score (nSPS) is 12.5. The van der Waals surface area contributed by atoms with Crippen molar-refractivity contribution < 1.29 is 4.74 Å². The van der Waals surface area contributed by atoms with E-state index in [0.29, 0.717) is 6.04 Å². The Balaban J connectivity index is 2.58. The van der Waals surface area contributed by atoms with Crippen molar-refractivity contribution in [3.8, 4) is 5.75 Å². The summed E-state index contributed by atoms with van der Waals surface area (Å²) in [5, 5.41) is 0. The van der Waals surface area contributed by atoms with Gasteiger partial charge in [0.1, 0.15) is 5.75 Å². The average molecular weight is 286 g/mol. The van der Waals surface area contributed by atoms with Crippen LogP contribution in [-0.2, 0) is 6.42 Å². The largest absolute Gasteiger partial charge is 0.497 e. The molecule has 1 aromatic rings. The second-order valence-electron chi connectivity index (χ2n) is 4.04. The van der Waals surface area contributed by atoms with Crippen LogP contribution in [0.25, 0.3) is 0 Å². The summed E-state index contributed by atoms with van der Waals surface area (Å²) in [6.07, 6.45) is 4.28. The number of nitrogens with two attached hydrogens (primary N) is 1. The van der Waals surface area contributed by atoms with Gasteiger partial charge in [0.2, 0.25) is 0 Å². The van der Waals surface area contributed by atoms with Crippen LogP contribution in [0.3, 0.4) is 0 Å². The first-order chi connectivity index (χ1) is 7.67. The summed E-state index contributed by atoms with van der Waals surface area (Å²) in [6.45, 7) is 2.17. The lowest BCUT2D eigenvalue weighted by atomic mass is 10.0. The fourth-order valence-corrected chi connectivity index (χ4v) is 2.17. The van der Waals surface area contributed by atoms with Gasteiger partial charge in [0, 0.05) is 10.5 Å².